The molecule has 2 aliphatic carbocycles. The summed E-state index contributed by atoms with van der Waals surface area (Å²) in [6.07, 6.45) is 7.08. The molecule has 1 saturated carbocycles. The maximum Gasteiger partial charge on any atom is 0.128 e. The Morgan fingerprint density at radius 2 is 2.00 bits per heavy atom. The molecule has 0 spiro atoms. The van der Waals surface area contributed by atoms with E-state index in [1.165, 1.54) is 36.8 Å². The molecule has 0 radical (unpaired) electrons. The summed E-state index contributed by atoms with van der Waals surface area (Å²) < 4.78 is 11.9. The molecule has 0 saturated heterocycles. The molecule has 20 heavy (non-hydrogen) atoms. The first-order valence-corrected chi connectivity index (χ1v) is 8.25. The average molecular weight is 295 g/mol. The van der Waals surface area contributed by atoms with Crippen molar-refractivity contribution in [2.24, 2.45) is 0 Å². The van der Waals surface area contributed by atoms with E-state index in [0.29, 0.717) is 0 Å². The highest BCUT2D eigenvalue weighted by Crippen LogP contribution is 2.34. The molecular formula is C17H23ClO2. The molecule has 0 aromatic heterocycles. The number of ether oxygens (including phenoxy) is 2. The Balaban J connectivity index is 1.63. The highest BCUT2D eigenvalue weighted by molar-refractivity contribution is 6.21. The summed E-state index contributed by atoms with van der Waals surface area (Å²) in [7, 11) is 0. The first-order valence-electron chi connectivity index (χ1n) is 7.82. The van der Waals surface area contributed by atoms with Crippen LogP contribution in [0.3, 0.4) is 0 Å². The number of fused-ring (bicyclic) bond motifs is 1. The molecule has 0 N–H and O–H groups in total. The number of hydrogen-bond acceptors (Lipinski definition) is 2. The molecule has 3 heteroatoms. The quantitative estimate of drug-likeness (QED) is 0.761. The minimum absolute atomic E-state index is 0.0487. The van der Waals surface area contributed by atoms with Gasteiger partial charge >= 0.3 is 0 Å². The standard InChI is InChI=1S/C17H23ClO2/c1-2-9-19-17-15(18)11-16(17)20-14-8-7-12-5-3-4-6-13(12)10-14/h7-8,10,15-17H,2-6,9,11H2,1H3. The van der Waals surface area contributed by atoms with E-state index in [0.717, 1.165) is 25.2 Å². The molecule has 3 atom stereocenters. The van der Waals surface area contributed by atoms with Gasteiger partial charge in [0.25, 0.3) is 0 Å². The molecule has 3 unspecified atom stereocenters. The summed E-state index contributed by atoms with van der Waals surface area (Å²) >= 11 is 6.22. The Bertz CT molecular complexity index is 460. The van der Waals surface area contributed by atoms with E-state index in [-0.39, 0.29) is 17.6 Å². The highest BCUT2D eigenvalue weighted by Gasteiger charge is 2.42. The number of aryl methyl sites for hydroxylation is 2. The van der Waals surface area contributed by atoms with Gasteiger partial charge in [-0.25, -0.2) is 0 Å². The molecule has 110 valence electrons. The fourth-order valence-electron chi connectivity index (χ4n) is 3.07. The van der Waals surface area contributed by atoms with Crippen LogP contribution in [0.25, 0.3) is 0 Å². The summed E-state index contributed by atoms with van der Waals surface area (Å²) in [5, 5.41) is 0.101. The van der Waals surface area contributed by atoms with Crippen LogP contribution < -0.4 is 4.74 Å². The Labute approximate surface area is 126 Å². The van der Waals surface area contributed by atoms with Crippen molar-refractivity contribution in [1.82, 2.24) is 0 Å². The van der Waals surface area contributed by atoms with Gasteiger partial charge in [0, 0.05) is 13.0 Å². The van der Waals surface area contributed by atoms with Gasteiger partial charge in [-0.05, 0) is 55.4 Å². The van der Waals surface area contributed by atoms with Crippen LogP contribution >= 0.6 is 11.6 Å². The smallest absolute Gasteiger partial charge is 0.128 e. The predicted molar refractivity (Wildman–Crippen MR) is 81.8 cm³/mol. The number of hydrogen-bond donors (Lipinski definition) is 0. The van der Waals surface area contributed by atoms with Crippen molar-refractivity contribution in [3.8, 4) is 5.75 Å². The van der Waals surface area contributed by atoms with E-state index in [9.17, 15) is 0 Å². The lowest BCUT2D eigenvalue weighted by Crippen LogP contribution is -2.52. The van der Waals surface area contributed by atoms with Crippen molar-refractivity contribution >= 4 is 11.6 Å². The van der Waals surface area contributed by atoms with Crippen molar-refractivity contribution in [3.63, 3.8) is 0 Å². The molecule has 2 aliphatic rings. The summed E-state index contributed by atoms with van der Waals surface area (Å²) in [5.41, 5.74) is 2.95. The van der Waals surface area contributed by atoms with Gasteiger partial charge in [-0.2, -0.15) is 0 Å². The Morgan fingerprint density at radius 1 is 1.20 bits per heavy atom. The molecule has 3 rings (SSSR count). The first-order chi connectivity index (χ1) is 9.78. The fourth-order valence-corrected chi connectivity index (χ4v) is 3.48. The lowest BCUT2D eigenvalue weighted by atomic mass is 9.90. The average Bonchev–Trinajstić information content (AvgIpc) is 2.47. The minimum atomic E-state index is 0.0487. The van der Waals surface area contributed by atoms with E-state index in [1.807, 2.05) is 0 Å². The highest BCUT2D eigenvalue weighted by atomic mass is 35.5. The number of halogens is 1. The normalized spacial score (nSPS) is 28.6. The van der Waals surface area contributed by atoms with Gasteiger partial charge in [0.2, 0.25) is 0 Å². The van der Waals surface area contributed by atoms with Crippen molar-refractivity contribution in [3.05, 3.63) is 29.3 Å². The number of alkyl halides is 1. The van der Waals surface area contributed by atoms with Crippen molar-refractivity contribution in [2.45, 2.75) is 63.0 Å². The minimum Gasteiger partial charge on any atom is -0.488 e. The van der Waals surface area contributed by atoms with Crippen LogP contribution in [0.2, 0.25) is 0 Å². The maximum absolute atomic E-state index is 6.22. The topological polar surface area (TPSA) is 18.5 Å². The van der Waals surface area contributed by atoms with Crippen LogP contribution in [-0.2, 0) is 17.6 Å². The van der Waals surface area contributed by atoms with Crippen LogP contribution in [0.15, 0.2) is 18.2 Å². The van der Waals surface area contributed by atoms with Crippen LogP contribution in [0.5, 0.6) is 5.75 Å². The Hall–Kier alpha value is -0.730. The Morgan fingerprint density at radius 3 is 2.75 bits per heavy atom. The molecule has 1 aromatic rings. The third-order valence-corrected chi connectivity index (χ3v) is 4.73. The lowest BCUT2D eigenvalue weighted by molar-refractivity contribution is -0.0798. The molecule has 2 nitrogen and oxygen atoms in total. The lowest BCUT2D eigenvalue weighted by Gasteiger charge is -2.40. The van der Waals surface area contributed by atoms with E-state index in [1.54, 1.807) is 0 Å². The predicted octanol–water partition coefficient (Wildman–Crippen LogP) is 4.12. The summed E-state index contributed by atoms with van der Waals surface area (Å²) in [6, 6.07) is 6.54. The molecule has 1 fully saturated rings. The second kappa shape index (κ2) is 6.36. The fraction of sp³-hybridized carbons (Fsp3) is 0.647. The largest absolute Gasteiger partial charge is 0.488 e. The van der Waals surface area contributed by atoms with Crippen LogP contribution in [0.4, 0.5) is 0 Å². The zero-order chi connectivity index (χ0) is 13.9. The van der Waals surface area contributed by atoms with Crippen LogP contribution in [-0.4, -0.2) is 24.2 Å². The van der Waals surface area contributed by atoms with E-state index < -0.39 is 0 Å². The van der Waals surface area contributed by atoms with Gasteiger partial charge in [-0.1, -0.05) is 13.0 Å². The van der Waals surface area contributed by atoms with E-state index >= 15 is 0 Å². The molecular weight excluding hydrogens is 272 g/mol. The molecule has 0 aliphatic heterocycles. The first kappa shape index (κ1) is 14.2. The molecule has 0 amide bonds. The monoisotopic (exact) mass is 294 g/mol. The summed E-state index contributed by atoms with van der Waals surface area (Å²) in [5.74, 6) is 0.976. The number of rotatable bonds is 5. The number of benzene rings is 1. The van der Waals surface area contributed by atoms with Gasteiger partial charge in [-0.3, -0.25) is 0 Å². The third kappa shape index (κ3) is 2.96. The SMILES string of the molecule is CCCOC1C(Cl)CC1Oc1ccc2c(c1)CCCC2. The van der Waals surface area contributed by atoms with Gasteiger partial charge in [-0.15, -0.1) is 11.6 Å². The van der Waals surface area contributed by atoms with Crippen molar-refractivity contribution in [1.29, 1.82) is 0 Å². The second-order valence-corrected chi connectivity index (χ2v) is 6.44. The van der Waals surface area contributed by atoms with E-state index in [2.05, 4.69) is 25.1 Å². The maximum atomic E-state index is 6.22. The van der Waals surface area contributed by atoms with Crippen molar-refractivity contribution < 1.29 is 9.47 Å². The van der Waals surface area contributed by atoms with Gasteiger partial charge in [0.1, 0.15) is 18.0 Å². The van der Waals surface area contributed by atoms with Crippen LogP contribution in [0, 0.1) is 0 Å². The molecule has 0 bridgehead atoms. The summed E-state index contributed by atoms with van der Waals surface area (Å²) in [4.78, 5) is 0. The van der Waals surface area contributed by atoms with Gasteiger partial charge in [0.05, 0.1) is 5.38 Å². The van der Waals surface area contributed by atoms with Gasteiger partial charge < -0.3 is 9.47 Å². The van der Waals surface area contributed by atoms with E-state index in [4.69, 9.17) is 21.1 Å². The summed E-state index contributed by atoms with van der Waals surface area (Å²) in [6.45, 7) is 2.87. The van der Waals surface area contributed by atoms with Crippen LogP contribution in [0.1, 0.15) is 43.7 Å². The molecule has 0 heterocycles. The van der Waals surface area contributed by atoms with Gasteiger partial charge in [0.15, 0.2) is 0 Å². The van der Waals surface area contributed by atoms with Crippen molar-refractivity contribution in [2.75, 3.05) is 6.61 Å². The zero-order valence-corrected chi connectivity index (χ0v) is 12.9. The third-order valence-electron chi connectivity index (χ3n) is 4.30. The second-order valence-electron chi connectivity index (χ2n) is 5.88. The zero-order valence-electron chi connectivity index (χ0n) is 12.1. The Kier molecular flexibility index (Phi) is 4.52. The molecule has 1 aromatic carbocycles.